The average molecular weight is 337 g/mol. The lowest BCUT2D eigenvalue weighted by molar-refractivity contribution is -0.147. The third kappa shape index (κ3) is 2.27. The van der Waals surface area contributed by atoms with Crippen molar-refractivity contribution in [3.63, 3.8) is 0 Å². The molecule has 4 saturated carbocycles. The molecule has 4 aliphatic carbocycles. The number of aliphatic hydroxyl groups excluding tert-OH is 3. The van der Waals surface area contributed by atoms with Gasteiger partial charge in [0.25, 0.3) is 0 Å². The minimum absolute atomic E-state index is 0.0211. The fraction of sp³-hybridized carbons (Fsp3) is 1.00. The van der Waals surface area contributed by atoms with Gasteiger partial charge in [-0.05, 0) is 99.7 Å². The molecular formula is C21H36O3. The van der Waals surface area contributed by atoms with Crippen molar-refractivity contribution in [3.8, 4) is 0 Å². The topological polar surface area (TPSA) is 60.7 Å². The predicted molar refractivity (Wildman–Crippen MR) is 94.3 cm³/mol. The maximum absolute atomic E-state index is 10.3. The van der Waals surface area contributed by atoms with Crippen LogP contribution in [0.2, 0.25) is 0 Å². The number of fused-ring (bicyclic) bond motifs is 5. The lowest BCUT2D eigenvalue weighted by Crippen LogP contribution is -2.56. The minimum Gasteiger partial charge on any atom is -0.396 e. The molecule has 3 heteroatoms. The lowest BCUT2D eigenvalue weighted by atomic mass is 9.44. The fourth-order valence-electron chi connectivity index (χ4n) is 8.12. The predicted octanol–water partition coefficient (Wildman–Crippen LogP) is 3.36. The number of hydrogen-bond donors (Lipinski definition) is 3. The third-order valence-corrected chi connectivity index (χ3v) is 9.30. The van der Waals surface area contributed by atoms with Crippen LogP contribution in [0.3, 0.4) is 0 Å². The van der Waals surface area contributed by atoms with Crippen LogP contribution in [0.5, 0.6) is 0 Å². The van der Waals surface area contributed by atoms with E-state index in [2.05, 4.69) is 6.92 Å². The summed E-state index contributed by atoms with van der Waals surface area (Å²) in [6.45, 7) is 4.69. The SMILES string of the molecule is C[C@@H](O)[C@H]1CC[C@H]2[C@@H]3CC[C@H]4C[C@@H](O)CC[C@]4(C)[C@H]3CC[C@]12CO. The first-order valence-corrected chi connectivity index (χ1v) is 10.4. The van der Waals surface area contributed by atoms with Gasteiger partial charge in [0.1, 0.15) is 0 Å². The Labute approximate surface area is 146 Å². The van der Waals surface area contributed by atoms with Crippen LogP contribution in [0.1, 0.15) is 71.6 Å². The average Bonchev–Trinajstić information content (AvgIpc) is 2.95. The molecule has 24 heavy (non-hydrogen) atoms. The Balaban J connectivity index is 1.62. The Kier molecular flexibility index (Phi) is 4.29. The zero-order valence-corrected chi connectivity index (χ0v) is 15.5. The van der Waals surface area contributed by atoms with E-state index in [-0.39, 0.29) is 30.1 Å². The minimum atomic E-state index is -0.296. The van der Waals surface area contributed by atoms with Gasteiger partial charge < -0.3 is 15.3 Å². The smallest absolute Gasteiger partial charge is 0.0546 e. The van der Waals surface area contributed by atoms with Gasteiger partial charge in [0.05, 0.1) is 12.2 Å². The van der Waals surface area contributed by atoms with E-state index in [9.17, 15) is 15.3 Å². The van der Waals surface area contributed by atoms with Crippen molar-refractivity contribution in [1.82, 2.24) is 0 Å². The van der Waals surface area contributed by atoms with E-state index >= 15 is 0 Å². The second-order valence-corrected chi connectivity index (χ2v) is 9.94. The Morgan fingerprint density at radius 3 is 2.50 bits per heavy atom. The van der Waals surface area contributed by atoms with Gasteiger partial charge in [-0.25, -0.2) is 0 Å². The van der Waals surface area contributed by atoms with Crippen LogP contribution in [0.25, 0.3) is 0 Å². The van der Waals surface area contributed by atoms with E-state index in [4.69, 9.17) is 0 Å². The highest BCUT2D eigenvalue weighted by Crippen LogP contribution is 2.67. The van der Waals surface area contributed by atoms with Crippen molar-refractivity contribution in [2.24, 2.45) is 40.4 Å². The van der Waals surface area contributed by atoms with Crippen molar-refractivity contribution in [2.45, 2.75) is 83.8 Å². The summed E-state index contributed by atoms with van der Waals surface area (Å²) in [5, 5.41) is 30.8. The summed E-state index contributed by atoms with van der Waals surface area (Å²) < 4.78 is 0. The van der Waals surface area contributed by atoms with E-state index in [0.717, 1.165) is 37.5 Å². The van der Waals surface area contributed by atoms with Gasteiger partial charge in [-0.2, -0.15) is 0 Å². The number of hydrogen-bond acceptors (Lipinski definition) is 3. The lowest BCUT2D eigenvalue weighted by Gasteiger charge is -2.61. The second-order valence-electron chi connectivity index (χ2n) is 9.94. The van der Waals surface area contributed by atoms with E-state index in [1.54, 1.807) is 0 Å². The molecule has 0 spiro atoms. The molecule has 4 aliphatic rings. The van der Waals surface area contributed by atoms with Crippen molar-refractivity contribution in [3.05, 3.63) is 0 Å². The van der Waals surface area contributed by atoms with E-state index in [1.807, 2.05) is 6.92 Å². The molecule has 0 aromatic heterocycles. The molecule has 0 amide bonds. The Bertz CT molecular complexity index is 478. The molecule has 3 nitrogen and oxygen atoms in total. The molecule has 4 rings (SSSR count). The van der Waals surface area contributed by atoms with Gasteiger partial charge in [-0.15, -0.1) is 0 Å². The zero-order valence-electron chi connectivity index (χ0n) is 15.5. The molecule has 138 valence electrons. The highest BCUT2D eigenvalue weighted by Gasteiger charge is 2.62. The van der Waals surface area contributed by atoms with Crippen molar-refractivity contribution in [1.29, 1.82) is 0 Å². The first-order chi connectivity index (χ1) is 11.4. The monoisotopic (exact) mass is 336 g/mol. The summed E-state index contributed by atoms with van der Waals surface area (Å²) in [7, 11) is 0. The first kappa shape index (κ1) is 17.3. The molecule has 3 N–H and O–H groups in total. The Morgan fingerprint density at radius 1 is 1.00 bits per heavy atom. The van der Waals surface area contributed by atoms with Gasteiger partial charge in [0, 0.05) is 12.0 Å². The van der Waals surface area contributed by atoms with E-state index < -0.39 is 0 Å². The standard InChI is InChI=1S/C21H36O3/c1-13(23)17-5-6-19-16-4-3-14-11-15(24)7-9-20(14,2)18(16)8-10-21(17,19)12-22/h13-19,22-24H,3-12H2,1-2H3/t13-,14+,15+,16-,17-,18+,19+,20+,21+/m1/s1. The van der Waals surface area contributed by atoms with Crippen molar-refractivity contribution in [2.75, 3.05) is 6.61 Å². The number of rotatable bonds is 2. The molecule has 0 heterocycles. The summed E-state index contributed by atoms with van der Waals surface area (Å²) in [4.78, 5) is 0. The summed E-state index contributed by atoms with van der Waals surface area (Å²) in [6, 6.07) is 0. The van der Waals surface area contributed by atoms with Crippen molar-refractivity contribution >= 4 is 0 Å². The van der Waals surface area contributed by atoms with Gasteiger partial charge in [-0.1, -0.05) is 6.92 Å². The maximum Gasteiger partial charge on any atom is 0.0546 e. The van der Waals surface area contributed by atoms with Crippen LogP contribution in [-0.2, 0) is 0 Å². The molecular weight excluding hydrogens is 300 g/mol. The van der Waals surface area contributed by atoms with Crippen LogP contribution in [-0.4, -0.2) is 34.1 Å². The zero-order chi connectivity index (χ0) is 17.1. The molecule has 0 aliphatic heterocycles. The van der Waals surface area contributed by atoms with Crippen LogP contribution < -0.4 is 0 Å². The Morgan fingerprint density at radius 2 is 1.79 bits per heavy atom. The summed E-state index contributed by atoms with van der Waals surface area (Å²) in [5.74, 6) is 3.07. The second kappa shape index (κ2) is 5.96. The van der Waals surface area contributed by atoms with Crippen LogP contribution in [0.4, 0.5) is 0 Å². The fourth-order valence-corrected chi connectivity index (χ4v) is 8.12. The quantitative estimate of drug-likeness (QED) is 0.724. The third-order valence-electron chi connectivity index (χ3n) is 9.30. The molecule has 0 saturated heterocycles. The number of aliphatic hydroxyl groups is 3. The maximum atomic E-state index is 10.3. The normalized spacial score (nSPS) is 55.4. The molecule has 9 atom stereocenters. The molecule has 0 aromatic carbocycles. The molecule has 0 bridgehead atoms. The van der Waals surface area contributed by atoms with Crippen molar-refractivity contribution < 1.29 is 15.3 Å². The summed E-state index contributed by atoms with van der Waals surface area (Å²) in [6.07, 6.45) is 9.91. The summed E-state index contributed by atoms with van der Waals surface area (Å²) >= 11 is 0. The van der Waals surface area contributed by atoms with Gasteiger partial charge in [0.2, 0.25) is 0 Å². The molecule has 0 aromatic rings. The Hall–Kier alpha value is -0.120. The highest BCUT2D eigenvalue weighted by atomic mass is 16.3. The summed E-state index contributed by atoms with van der Waals surface area (Å²) in [5.41, 5.74) is 0.374. The van der Waals surface area contributed by atoms with Gasteiger partial charge >= 0.3 is 0 Å². The molecule has 4 fully saturated rings. The largest absolute Gasteiger partial charge is 0.396 e. The van der Waals surface area contributed by atoms with Crippen LogP contribution in [0, 0.1) is 40.4 Å². The van der Waals surface area contributed by atoms with E-state index in [0.29, 0.717) is 17.3 Å². The van der Waals surface area contributed by atoms with Gasteiger partial charge in [0.15, 0.2) is 0 Å². The van der Waals surface area contributed by atoms with Crippen LogP contribution in [0.15, 0.2) is 0 Å². The molecule has 0 unspecified atom stereocenters. The highest BCUT2D eigenvalue weighted by molar-refractivity contribution is 5.11. The van der Waals surface area contributed by atoms with Gasteiger partial charge in [-0.3, -0.25) is 0 Å². The van der Waals surface area contributed by atoms with Crippen LogP contribution >= 0.6 is 0 Å². The molecule has 0 radical (unpaired) electrons. The first-order valence-electron chi connectivity index (χ1n) is 10.4. The van der Waals surface area contributed by atoms with E-state index in [1.165, 1.54) is 32.1 Å².